The van der Waals surface area contributed by atoms with E-state index in [1.54, 1.807) is 36.6 Å². The van der Waals surface area contributed by atoms with Crippen molar-refractivity contribution in [3.8, 4) is 28.5 Å². The van der Waals surface area contributed by atoms with E-state index < -0.39 is 0 Å². The van der Waals surface area contributed by atoms with Gasteiger partial charge in [0.2, 0.25) is 5.88 Å². The molecule has 0 atom stereocenters. The number of methoxy groups -OCH3 is 1. The molecule has 6 heteroatoms. The van der Waals surface area contributed by atoms with Crippen LogP contribution in [0.4, 0.5) is 0 Å². The molecule has 5 nitrogen and oxygen atoms in total. The second-order valence-corrected chi connectivity index (χ2v) is 6.98. The summed E-state index contributed by atoms with van der Waals surface area (Å²) in [4.78, 5) is 9.61. The average molecular weight is 378 g/mol. The van der Waals surface area contributed by atoms with Gasteiger partial charge >= 0.3 is 0 Å². The fraction of sp³-hybridized carbons (Fsp3) is 0.143. The molecular formula is C21H18N2O3S. The first-order chi connectivity index (χ1) is 13.2. The maximum Gasteiger partial charge on any atom is 0.231 e. The fourth-order valence-electron chi connectivity index (χ4n) is 2.87. The minimum atomic E-state index is -0.0590. The van der Waals surface area contributed by atoms with Crippen molar-refractivity contribution in [3.05, 3.63) is 65.3 Å². The molecule has 0 amide bonds. The Bertz CT molecular complexity index is 1090. The van der Waals surface area contributed by atoms with Crippen molar-refractivity contribution in [1.82, 2.24) is 9.97 Å². The van der Waals surface area contributed by atoms with E-state index in [0.717, 1.165) is 26.9 Å². The second kappa shape index (κ2) is 7.34. The van der Waals surface area contributed by atoms with Crippen LogP contribution in [0, 0.1) is 6.92 Å². The summed E-state index contributed by atoms with van der Waals surface area (Å²) in [6, 6.07) is 13.7. The number of hydrogen-bond acceptors (Lipinski definition) is 6. The highest BCUT2D eigenvalue weighted by atomic mass is 32.1. The van der Waals surface area contributed by atoms with Crippen LogP contribution in [-0.2, 0) is 6.61 Å². The molecule has 0 saturated heterocycles. The molecule has 1 N–H and O–H groups in total. The third-order valence-corrected chi connectivity index (χ3v) is 5.20. The van der Waals surface area contributed by atoms with Gasteiger partial charge < -0.3 is 14.6 Å². The van der Waals surface area contributed by atoms with Crippen molar-refractivity contribution < 1.29 is 14.6 Å². The summed E-state index contributed by atoms with van der Waals surface area (Å²) in [6.45, 7) is 2.01. The highest BCUT2D eigenvalue weighted by Gasteiger charge is 2.16. The van der Waals surface area contributed by atoms with E-state index >= 15 is 0 Å². The zero-order valence-corrected chi connectivity index (χ0v) is 15.8. The Morgan fingerprint density at radius 3 is 2.59 bits per heavy atom. The van der Waals surface area contributed by atoms with Crippen LogP contribution in [0.15, 0.2) is 54.2 Å². The molecule has 2 aromatic heterocycles. The van der Waals surface area contributed by atoms with Crippen molar-refractivity contribution in [1.29, 1.82) is 0 Å². The maximum absolute atomic E-state index is 9.32. The van der Waals surface area contributed by atoms with Gasteiger partial charge in [0.25, 0.3) is 0 Å². The van der Waals surface area contributed by atoms with Crippen LogP contribution < -0.4 is 9.47 Å². The zero-order valence-electron chi connectivity index (χ0n) is 15.0. The summed E-state index contributed by atoms with van der Waals surface area (Å²) in [5.74, 6) is 1.56. The highest BCUT2D eigenvalue weighted by Crippen LogP contribution is 2.40. The normalized spacial score (nSPS) is 10.9. The highest BCUT2D eigenvalue weighted by molar-refractivity contribution is 7.17. The SMILES string of the molecule is COc1cc(CO)ccc1Oc1ncnc2scc(-c3ccc(C)cc3)c12. The first kappa shape index (κ1) is 17.5. The lowest BCUT2D eigenvalue weighted by Gasteiger charge is -2.12. The van der Waals surface area contributed by atoms with Crippen molar-refractivity contribution in [2.24, 2.45) is 0 Å². The molecular weight excluding hydrogens is 360 g/mol. The fourth-order valence-corrected chi connectivity index (χ4v) is 3.78. The second-order valence-electron chi connectivity index (χ2n) is 6.12. The minimum absolute atomic E-state index is 0.0590. The van der Waals surface area contributed by atoms with Gasteiger partial charge in [0.05, 0.1) is 19.1 Å². The Morgan fingerprint density at radius 1 is 1.04 bits per heavy atom. The monoisotopic (exact) mass is 378 g/mol. The van der Waals surface area contributed by atoms with E-state index in [9.17, 15) is 5.11 Å². The van der Waals surface area contributed by atoms with Crippen molar-refractivity contribution in [3.63, 3.8) is 0 Å². The molecule has 0 fully saturated rings. The molecule has 0 bridgehead atoms. The molecule has 4 rings (SSSR count). The number of benzene rings is 2. The summed E-state index contributed by atoms with van der Waals surface area (Å²) in [5.41, 5.74) is 4.09. The Morgan fingerprint density at radius 2 is 1.85 bits per heavy atom. The van der Waals surface area contributed by atoms with Crippen molar-refractivity contribution in [2.45, 2.75) is 13.5 Å². The van der Waals surface area contributed by atoms with Gasteiger partial charge in [-0.2, -0.15) is 0 Å². The van der Waals surface area contributed by atoms with Gasteiger partial charge in [-0.1, -0.05) is 35.9 Å². The lowest BCUT2D eigenvalue weighted by atomic mass is 10.0. The molecule has 0 spiro atoms. The number of fused-ring (bicyclic) bond motifs is 1. The van der Waals surface area contributed by atoms with Gasteiger partial charge in [-0.3, -0.25) is 0 Å². The van der Waals surface area contributed by atoms with Crippen LogP contribution in [0.3, 0.4) is 0 Å². The number of aliphatic hydroxyl groups is 1. The lowest BCUT2D eigenvalue weighted by molar-refractivity contribution is 0.280. The van der Waals surface area contributed by atoms with E-state index in [1.807, 2.05) is 0 Å². The average Bonchev–Trinajstić information content (AvgIpc) is 3.14. The van der Waals surface area contributed by atoms with Gasteiger partial charge in [0.15, 0.2) is 11.5 Å². The van der Waals surface area contributed by atoms with Crippen LogP contribution in [-0.4, -0.2) is 22.2 Å². The Labute approximate surface area is 160 Å². The van der Waals surface area contributed by atoms with Gasteiger partial charge in [-0.05, 0) is 30.2 Å². The number of rotatable bonds is 5. The smallest absolute Gasteiger partial charge is 0.231 e. The third kappa shape index (κ3) is 3.37. The summed E-state index contributed by atoms with van der Waals surface area (Å²) < 4.78 is 11.5. The number of ether oxygens (including phenoxy) is 2. The van der Waals surface area contributed by atoms with Crippen molar-refractivity contribution in [2.75, 3.05) is 7.11 Å². The Hall–Kier alpha value is -2.96. The van der Waals surface area contributed by atoms with Gasteiger partial charge in [-0.15, -0.1) is 11.3 Å². The van der Waals surface area contributed by atoms with Crippen LogP contribution in [0.1, 0.15) is 11.1 Å². The maximum atomic E-state index is 9.32. The summed E-state index contributed by atoms with van der Waals surface area (Å²) in [5, 5.41) is 12.3. The van der Waals surface area contributed by atoms with E-state index in [1.165, 1.54) is 11.9 Å². The van der Waals surface area contributed by atoms with Crippen LogP contribution in [0.25, 0.3) is 21.3 Å². The number of thiophene rings is 1. The largest absolute Gasteiger partial charge is 0.493 e. The molecule has 0 unspecified atom stereocenters. The molecule has 2 aromatic carbocycles. The summed E-state index contributed by atoms with van der Waals surface area (Å²) >= 11 is 1.56. The number of aryl methyl sites for hydroxylation is 1. The molecule has 0 saturated carbocycles. The first-order valence-corrected chi connectivity index (χ1v) is 9.32. The molecule has 0 aliphatic rings. The predicted octanol–water partition coefficient (Wildman–Crippen LogP) is 4.96. The first-order valence-electron chi connectivity index (χ1n) is 8.44. The van der Waals surface area contributed by atoms with Crippen molar-refractivity contribution >= 4 is 21.6 Å². The topological polar surface area (TPSA) is 64.5 Å². The summed E-state index contributed by atoms with van der Waals surface area (Å²) in [6.07, 6.45) is 1.50. The molecule has 27 heavy (non-hydrogen) atoms. The minimum Gasteiger partial charge on any atom is -0.493 e. The summed E-state index contributed by atoms with van der Waals surface area (Å²) in [7, 11) is 1.57. The lowest BCUT2D eigenvalue weighted by Crippen LogP contribution is -1.95. The van der Waals surface area contributed by atoms with Gasteiger partial charge in [-0.25, -0.2) is 9.97 Å². The Balaban J connectivity index is 1.81. The third-order valence-electron chi connectivity index (χ3n) is 4.32. The number of aromatic nitrogens is 2. The van der Waals surface area contributed by atoms with Gasteiger partial charge in [0, 0.05) is 10.9 Å². The zero-order chi connectivity index (χ0) is 18.8. The number of aliphatic hydroxyl groups excluding tert-OH is 1. The van der Waals surface area contributed by atoms with E-state index in [-0.39, 0.29) is 6.61 Å². The molecule has 0 aliphatic heterocycles. The molecule has 2 heterocycles. The number of nitrogens with zero attached hydrogens (tertiary/aromatic N) is 2. The van der Waals surface area contributed by atoms with Crippen LogP contribution in [0.2, 0.25) is 0 Å². The predicted molar refractivity (Wildman–Crippen MR) is 107 cm³/mol. The standard InChI is InChI=1S/C21H18N2O3S/c1-13-3-6-15(7-4-13)16-11-27-21-19(16)20(22-12-23-21)26-17-8-5-14(10-24)9-18(17)25-2/h3-9,11-12,24H,10H2,1-2H3. The van der Waals surface area contributed by atoms with E-state index in [0.29, 0.717) is 17.4 Å². The molecule has 4 aromatic rings. The molecule has 136 valence electrons. The molecule has 0 aliphatic carbocycles. The Kier molecular flexibility index (Phi) is 4.75. The van der Waals surface area contributed by atoms with Crippen LogP contribution >= 0.6 is 11.3 Å². The van der Waals surface area contributed by atoms with Crippen LogP contribution in [0.5, 0.6) is 17.4 Å². The van der Waals surface area contributed by atoms with E-state index in [2.05, 4.69) is 46.5 Å². The number of hydrogen-bond donors (Lipinski definition) is 1. The van der Waals surface area contributed by atoms with E-state index in [4.69, 9.17) is 9.47 Å². The molecule has 0 radical (unpaired) electrons. The quantitative estimate of drug-likeness (QED) is 0.532. The van der Waals surface area contributed by atoms with Gasteiger partial charge in [0.1, 0.15) is 11.2 Å².